The molecule has 0 N–H and O–H groups in total. The first kappa shape index (κ1) is 15.3. The van der Waals surface area contributed by atoms with Crippen LogP contribution in [0.1, 0.15) is 44.5 Å². The van der Waals surface area contributed by atoms with E-state index in [-0.39, 0.29) is 12.1 Å². The summed E-state index contributed by atoms with van der Waals surface area (Å²) in [6.45, 7) is 8.13. The van der Waals surface area contributed by atoms with Gasteiger partial charge in [-0.3, -0.25) is 4.98 Å². The van der Waals surface area contributed by atoms with Crippen molar-refractivity contribution in [3.63, 3.8) is 0 Å². The largest absolute Gasteiger partial charge is 0.444 e. The topological polar surface area (TPSA) is 66.2 Å². The van der Waals surface area contributed by atoms with Crippen LogP contribution in [0.25, 0.3) is 0 Å². The molecule has 0 bridgehead atoms. The predicted molar refractivity (Wildman–Crippen MR) is 78.8 cm³/mol. The molecule has 1 aliphatic rings. The average Bonchev–Trinajstić information content (AvgIpc) is 2.79. The molecule has 0 radical (unpaired) electrons. The van der Waals surface area contributed by atoms with E-state index >= 15 is 0 Å². The standard InChI is InChI=1S/C16H21N3O2/c1-5-19(15(20)21-16(2,3)4)13-7-12-6-11(9-17)10-18-14(12)8-13/h6,10,13H,5,7-8H2,1-4H3/t13-/m0/s1. The first-order chi connectivity index (χ1) is 9.84. The van der Waals surface area contributed by atoms with Gasteiger partial charge in [0, 0.05) is 30.9 Å². The highest BCUT2D eigenvalue weighted by Gasteiger charge is 2.32. The van der Waals surface area contributed by atoms with E-state index in [2.05, 4.69) is 11.1 Å². The highest BCUT2D eigenvalue weighted by atomic mass is 16.6. The first-order valence-corrected chi connectivity index (χ1v) is 7.21. The molecule has 1 aliphatic carbocycles. The van der Waals surface area contributed by atoms with E-state index in [1.54, 1.807) is 11.1 Å². The van der Waals surface area contributed by atoms with Crippen LogP contribution in [0, 0.1) is 11.3 Å². The lowest BCUT2D eigenvalue weighted by atomic mass is 10.1. The number of carbonyl (C=O) groups excluding carboxylic acids is 1. The van der Waals surface area contributed by atoms with E-state index in [0.29, 0.717) is 18.5 Å². The number of fused-ring (bicyclic) bond motifs is 1. The maximum absolute atomic E-state index is 12.3. The van der Waals surface area contributed by atoms with Gasteiger partial charge in [0.25, 0.3) is 0 Å². The molecule has 1 aromatic rings. The maximum atomic E-state index is 12.3. The van der Waals surface area contributed by atoms with Crippen LogP contribution in [-0.2, 0) is 17.6 Å². The molecule has 1 aromatic heterocycles. The van der Waals surface area contributed by atoms with Gasteiger partial charge in [0.1, 0.15) is 11.7 Å². The lowest BCUT2D eigenvalue weighted by molar-refractivity contribution is 0.0181. The van der Waals surface area contributed by atoms with Crippen LogP contribution in [0.5, 0.6) is 0 Å². The average molecular weight is 287 g/mol. The number of ether oxygens (including phenoxy) is 1. The number of hydrogen-bond acceptors (Lipinski definition) is 4. The van der Waals surface area contributed by atoms with Gasteiger partial charge in [-0.2, -0.15) is 5.26 Å². The minimum Gasteiger partial charge on any atom is -0.444 e. The minimum absolute atomic E-state index is 0.0568. The summed E-state index contributed by atoms with van der Waals surface area (Å²) < 4.78 is 5.46. The monoisotopic (exact) mass is 287 g/mol. The number of carbonyl (C=O) groups is 1. The van der Waals surface area contributed by atoms with Crippen molar-refractivity contribution in [1.29, 1.82) is 5.26 Å². The van der Waals surface area contributed by atoms with Gasteiger partial charge >= 0.3 is 6.09 Å². The van der Waals surface area contributed by atoms with Crippen molar-refractivity contribution >= 4 is 6.09 Å². The summed E-state index contributed by atoms with van der Waals surface area (Å²) in [6.07, 6.45) is 2.74. The van der Waals surface area contributed by atoms with Crippen molar-refractivity contribution in [2.75, 3.05) is 6.54 Å². The number of amides is 1. The lowest BCUT2D eigenvalue weighted by Gasteiger charge is -2.30. The molecule has 0 aromatic carbocycles. The predicted octanol–water partition coefficient (Wildman–Crippen LogP) is 2.68. The van der Waals surface area contributed by atoms with E-state index in [4.69, 9.17) is 10.00 Å². The van der Waals surface area contributed by atoms with Crippen molar-refractivity contribution in [1.82, 2.24) is 9.88 Å². The molecule has 5 nitrogen and oxygen atoms in total. The Morgan fingerprint density at radius 1 is 1.52 bits per heavy atom. The number of aromatic nitrogens is 1. The van der Waals surface area contributed by atoms with Crippen molar-refractivity contribution in [2.24, 2.45) is 0 Å². The zero-order valence-corrected chi connectivity index (χ0v) is 13.0. The number of pyridine rings is 1. The minimum atomic E-state index is -0.498. The molecular formula is C16H21N3O2. The van der Waals surface area contributed by atoms with Gasteiger partial charge in [-0.05, 0) is 45.7 Å². The van der Waals surface area contributed by atoms with Gasteiger partial charge in [0.15, 0.2) is 0 Å². The Morgan fingerprint density at radius 3 is 2.81 bits per heavy atom. The Balaban J connectivity index is 2.12. The fourth-order valence-corrected chi connectivity index (χ4v) is 2.59. The van der Waals surface area contributed by atoms with E-state index in [9.17, 15) is 4.79 Å². The van der Waals surface area contributed by atoms with Crippen molar-refractivity contribution in [3.05, 3.63) is 29.1 Å². The summed E-state index contributed by atoms with van der Waals surface area (Å²) >= 11 is 0. The van der Waals surface area contributed by atoms with Gasteiger partial charge < -0.3 is 9.64 Å². The molecule has 0 fully saturated rings. The van der Waals surface area contributed by atoms with Crippen LogP contribution in [0.4, 0.5) is 4.79 Å². The van der Waals surface area contributed by atoms with Crippen LogP contribution in [0.15, 0.2) is 12.3 Å². The van der Waals surface area contributed by atoms with E-state index < -0.39 is 5.60 Å². The summed E-state index contributed by atoms with van der Waals surface area (Å²) in [6, 6.07) is 4.02. The van der Waals surface area contributed by atoms with Gasteiger partial charge in [0.2, 0.25) is 0 Å². The number of hydrogen-bond donors (Lipinski definition) is 0. The van der Waals surface area contributed by atoms with Crippen LogP contribution in [0.3, 0.4) is 0 Å². The van der Waals surface area contributed by atoms with Crippen LogP contribution in [0.2, 0.25) is 0 Å². The molecule has 1 heterocycles. The van der Waals surface area contributed by atoms with Crippen molar-refractivity contribution in [3.8, 4) is 6.07 Å². The fraction of sp³-hybridized carbons (Fsp3) is 0.562. The number of nitriles is 1. The normalized spacial score (nSPS) is 17.0. The molecule has 21 heavy (non-hydrogen) atoms. The zero-order valence-electron chi connectivity index (χ0n) is 13.0. The quantitative estimate of drug-likeness (QED) is 0.838. The number of nitrogens with zero attached hydrogens (tertiary/aromatic N) is 3. The van der Waals surface area contributed by atoms with Crippen LogP contribution in [-0.4, -0.2) is 34.2 Å². The molecule has 0 spiro atoms. The van der Waals surface area contributed by atoms with Crippen molar-refractivity contribution in [2.45, 2.75) is 52.2 Å². The molecule has 0 unspecified atom stereocenters. The molecular weight excluding hydrogens is 266 g/mol. The maximum Gasteiger partial charge on any atom is 0.410 e. The van der Waals surface area contributed by atoms with Gasteiger partial charge in [-0.1, -0.05) is 0 Å². The van der Waals surface area contributed by atoms with Crippen LogP contribution < -0.4 is 0 Å². The Hall–Kier alpha value is -2.09. The second-order valence-corrected chi connectivity index (χ2v) is 6.27. The van der Waals surface area contributed by atoms with E-state index in [0.717, 1.165) is 17.7 Å². The van der Waals surface area contributed by atoms with E-state index in [1.165, 1.54) is 0 Å². The number of likely N-dealkylation sites (N-methyl/N-ethyl adjacent to an activating group) is 1. The smallest absolute Gasteiger partial charge is 0.410 e. The Kier molecular flexibility index (Phi) is 4.17. The number of rotatable bonds is 2. The highest BCUT2D eigenvalue weighted by Crippen LogP contribution is 2.26. The second-order valence-electron chi connectivity index (χ2n) is 6.27. The molecule has 5 heteroatoms. The summed E-state index contributed by atoms with van der Waals surface area (Å²) in [5.74, 6) is 0. The van der Waals surface area contributed by atoms with Gasteiger partial charge in [-0.15, -0.1) is 0 Å². The third-order valence-corrected chi connectivity index (χ3v) is 3.48. The van der Waals surface area contributed by atoms with Crippen LogP contribution >= 0.6 is 0 Å². The first-order valence-electron chi connectivity index (χ1n) is 7.21. The van der Waals surface area contributed by atoms with Gasteiger partial charge in [-0.25, -0.2) is 4.79 Å². The molecule has 2 rings (SSSR count). The summed E-state index contributed by atoms with van der Waals surface area (Å²) in [4.78, 5) is 18.4. The van der Waals surface area contributed by atoms with Gasteiger partial charge in [0.05, 0.1) is 5.56 Å². The van der Waals surface area contributed by atoms with E-state index in [1.807, 2.05) is 33.8 Å². The Labute approximate surface area is 125 Å². The molecule has 112 valence electrons. The second kappa shape index (κ2) is 5.72. The third kappa shape index (κ3) is 3.52. The molecule has 0 saturated carbocycles. The summed E-state index contributed by atoms with van der Waals surface area (Å²) in [5.41, 5.74) is 2.10. The molecule has 0 aliphatic heterocycles. The zero-order chi connectivity index (χ0) is 15.6. The lowest BCUT2D eigenvalue weighted by Crippen LogP contribution is -2.43. The SMILES string of the molecule is CCN(C(=O)OC(C)(C)C)[C@H]1Cc2cc(C#N)cnc2C1. The third-order valence-electron chi connectivity index (χ3n) is 3.48. The molecule has 1 atom stereocenters. The molecule has 0 saturated heterocycles. The Morgan fingerprint density at radius 2 is 2.24 bits per heavy atom. The van der Waals surface area contributed by atoms with Crippen molar-refractivity contribution < 1.29 is 9.53 Å². The molecule has 1 amide bonds. The highest BCUT2D eigenvalue weighted by molar-refractivity contribution is 5.69. The summed E-state index contributed by atoms with van der Waals surface area (Å²) in [7, 11) is 0. The summed E-state index contributed by atoms with van der Waals surface area (Å²) in [5, 5.41) is 8.93. The fourth-order valence-electron chi connectivity index (χ4n) is 2.59. The Bertz CT molecular complexity index is 584.